The highest BCUT2D eigenvalue weighted by molar-refractivity contribution is 7.99. The van der Waals surface area contributed by atoms with Gasteiger partial charge in [-0.1, -0.05) is 18.5 Å². The lowest BCUT2D eigenvalue weighted by Crippen LogP contribution is -1.87. The number of benzene rings is 1. The zero-order valence-electron chi connectivity index (χ0n) is 7.43. The Kier molecular flexibility index (Phi) is 4.42. The summed E-state index contributed by atoms with van der Waals surface area (Å²) in [7, 11) is 0. The van der Waals surface area contributed by atoms with Gasteiger partial charge in [-0.05, 0) is 24.1 Å². The number of thioether (sulfide) groups is 2. The maximum absolute atomic E-state index is 13.6. The molecule has 0 aliphatic heterocycles. The van der Waals surface area contributed by atoms with Gasteiger partial charge in [-0.2, -0.15) is 0 Å². The molecule has 13 heavy (non-hydrogen) atoms. The van der Waals surface area contributed by atoms with Crippen molar-refractivity contribution < 1.29 is 4.39 Å². The molecule has 0 saturated carbocycles. The Morgan fingerprint density at radius 1 is 1.46 bits per heavy atom. The first-order valence-electron chi connectivity index (χ1n) is 3.85. The highest BCUT2D eigenvalue weighted by atomic mass is 35.5. The van der Waals surface area contributed by atoms with E-state index >= 15 is 0 Å². The molecule has 1 aromatic rings. The molecule has 0 bridgehead atoms. The summed E-state index contributed by atoms with van der Waals surface area (Å²) in [4.78, 5) is 1.22. The molecule has 1 aromatic carbocycles. The number of hydrogen-bond acceptors (Lipinski definition) is 2. The molecule has 0 fully saturated rings. The lowest BCUT2D eigenvalue weighted by atomic mass is 10.3. The molecule has 0 atom stereocenters. The fourth-order valence-electron chi connectivity index (χ4n) is 0.949. The van der Waals surface area contributed by atoms with Crippen molar-refractivity contribution in [1.29, 1.82) is 0 Å². The highest BCUT2D eigenvalue weighted by Crippen LogP contribution is 2.34. The smallest absolute Gasteiger partial charge is 0.151 e. The molecule has 0 N–H and O–H groups in total. The van der Waals surface area contributed by atoms with Crippen LogP contribution in [0.2, 0.25) is 5.02 Å². The number of rotatable bonds is 3. The quantitative estimate of drug-likeness (QED) is 0.718. The second kappa shape index (κ2) is 5.13. The van der Waals surface area contributed by atoms with Crippen LogP contribution >= 0.6 is 35.1 Å². The predicted octanol–water partition coefficient (Wildman–Crippen LogP) is 4.31. The van der Waals surface area contributed by atoms with E-state index in [2.05, 4.69) is 0 Å². The summed E-state index contributed by atoms with van der Waals surface area (Å²) in [6.45, 7) is 1.98. The van der Waals surface area contributed by atoms with Crippen LogP contribution in [0.4, 0.5) is 4.39 Å². The van der Waals surface area contributed by atoms with Gasteiger partial charge < -0.3 is 0 Å². The Labute approximate surface area is 91.2 Å². The van der Waals surface area contributed by atoms with E-state index in [9.17, 15) is 4.39 Å². The molecule has 0 heterocycles. The molecule has 72 valence electrons. The molecule has 0 radical (unpaired) electrons. The van der Waals surface area contributed by atoms with Gasteiger partial charge in [-0.3, -0.25) is 0 Å². The van der Waals surface area contributed by atoms with Crippen molar-refractivity contribution in [1.82, 2.24) is 0 Å². The fraction of sp³-hybridized carbons (Fsp3) is 0.333. The summed E-state index contributed by atoms with van der Waals surface area (Å²) in [6.07, 6.45) is 1.85. The Hall–Kier alpha value is 0.140. The molecule has 1 rings (SSSR count). The van der Waals surface area contributed by atoms with Crippen LogP contribution in [0.25, 0.3) is 0 Å². The second-order valence-electron chi connectivity index (χ2n) is 2.33. The van der Waals surface area contributed by atoms with Gasteiger partial charge in [0.2, 0.25) is 0 Å². The number of hydrogen-bond donors (Lipinski definition) is 0. The molecule has 0 spiro atoms. The zero-order valence-corrected chi connectivity index (χ0v) is 9.82. The van der Waals surface area contributed by atoms with Crippen LogP contribution in [0.15, 0.2) is 21.9 Å². The SMILES string of the molecule is CCSc1c(Cl)ccc(SC)c1F. The molecule has 0 aliphatic carbocycles. The molecule has 0 aliphatic rings. The third kappa shape index (κ3) is 2.55. The largest absolute Gasteiger partial charge is 0.204 e. The maximum atomic E-state index is 13.6. The van der Waals surface area contributed by atoms with Gasteiger partial charge >= 0.3 is 0 Å². The average Bonchev–Trinajstić information content (AvgIpc) is 2.12. The second-order valence-corrected chi connectivity index (χ2v) is 4.86. The van der Waals surface area contributed by atoms with Crippen LogP contribution in [0, 0.1) is 5.82 Å². The van der Waals surface area contributed by atoms with Gasteiger partial charge in [-0.15, -0.1) is 23.5 Å². The Balaban J connectivity index is 3.13. The van der Waals surface area contributed by atoms with Gasteiger partial charge in [0.25, 0.3) is 0 Å². The normalized spacial score (nSPS) is 10.5. The Bertz CT molecular complexity index is 302. The minimum Gasteiger partial charge on any atom is -0.204 e. The summed E-state index contributed by atoms with van der Waals surface area (Å²) in [6, 6.07) is 3.45. The van der Waals surface area contributed by atoms with Crippen LogP contribution in [-0.2, 0) is 0 Å². The van der Waals surface area contributed by atoms with E-state index in [0.717, 1.165) is 5.75 Å². The van der Waals surface area contributed by atoms with E-state index in [4.69, 9.17) is 11.6 Å². The third-order valence-electron chi connectivity index (χ3n) is 1.52. The van der Waals surface area contributed by atoms with E-state index in [1.807, 2.05) is 13.2 Å². The first-order chi connectivity index (χ1) is 6.20. The minimum absolute atomic E-state index is 0.188. The van der Waals surface area contributed by atoms with Crippen LogP contribution in [0.3, 0.4) is 0 Å². The Morgan fingerprint density at radius 3 is 2.69 bits per heavy atom. The van der Waals surface area contributed by atoms with E-state index in [-0.39, 0.29) is 5.82 Å². The van der Waals surface area contributed by atoms with Crippen molar-refractivity contribution in [3.8, 4) is 0 Å². The molecule has 0 saturated heterocycles. The van der Waals surface area contributed by atoms with Gasteiger partial charge in [0.1, 0.15) is 0 Å². The minimum atomic E-state index is -0.188. The van der Waals surface area contributed by atoms with Crippen LogP contribution in [0.5, 0.6) is 0 Å². The topological polar surface area (TPSA) is 0 Å². The maximum Gasteiger partial charge on any atom is 0.151 e. The van der Waals surface area contributed by atoms with E-state index in [1.165, 1.54) is 23.5 Å². The van der Waals surface area contributed by atoms with Crippen molar-refractivity contribution in [2.45, 2.75) is 16.7 Å². The molecule has 0 amide bonds. The van der Waals surface area contributed by atoms with Gasteiger partial charge in [0.05, 0.1) is 9.92 Å². The standard InChI is InChI=1S/C9H10ClFS2/c1-3-13-9-6(10)4-5-7(12-2)8(9)11/h4-5H,3H2,1-2H3. The zero-order chi connectivity index (χ0) is 9.84. The van der Waals surface area contributed by atoms with E-state index in [0.29, 0.717) is 14.8 Å². The molecular weight excluding hydrogens is 227 g/mol. The van der Waals surface area contributed by atoms with Crippen molar-refractivity contribution in [3.63, 3.8) is 0 Å². The molecule has 0 nitrogen and oxygen atoms in total. The lowest BCUT2D eigenvalue weighted by molar-refractivity contribution is 0.576. The van der Waals surface area contributed by atoms with Crippen molar-refractivity contribution in [2.75, 3.05) is 12.0 Å². The first-order valence-corrected chi connectivity index (χ1v) is 6.44. The highest BCUT2D eigenvalue weighted by Gasteiger charge is 2.11. The molecule has 0 aromatic heterocycles. The van der Waals surface area contributed by atoms with Crippen molar-refractivity contribution in [3.05, 3.63) is 23.0 Å². The first kappa shape index (κ1) is 11.2. The third-order valence-corrected chi connectivity index (χ3v) is 3.68. The van der Waals surface area contributed by atoms with Gasteiger partial charge in [0, 0.05) is 4.90 Å². The summed E-state index contributed by atoms with van der Waals surface area (Å²) >= 11 is 8.70. The summed E-state index contributed by atoms with van der Waals surface area (Å²) in [5.41, 5.74) is 0. The summed E-state index contributed by atoms with van der Waals surface area (Å²) in [5.74, 6) is 0.640. The molecule has 0 unspecified atom stereocenters. The van der Waals surface area contributed by atoms with Crippen molar-refractivity contribution in [2.24, 2.45) is 0 Å². The van der Waals surface area contributed by atoms with Crippen LogP contribution < -0.4 is 0 Å². The monoisotopic (exact) mass is 236 g/mol. The van der Waals surface area contributed by atoms with Crippen LogP contribution in [-0.4, -0.2) is 12.0 Å². The summed E-state index contributed by atoms with van der Waals surface area (Å²) < 4.78 is 13.6. The van der Waals surface area contributed by atoms with Crippen molar-refractivity contribution >= 4 is 35.1 Å². The lowest BCUT2D eigenvalue weighted by Gasteiger charge is -2.06. The Morgan fingerprint density at radius 2 is 2.15 bits per heavy atom. The fourth-order valence-corrected chi connectivity index (χ4v) is 2.54. The molecule has 4 heteroatoms. The molecular formula is C9H10ClFS2. The number of halogens is 2. The summed E-state index contributed by atoms with van der Waals surface area (Å²) in [5, 5.41) is 0.502. The van der Waals surface area contributed by atoms with Crippen LogP contribution in [0.1, 0.15) is 6.92 Å². The van der Waals surface area contributed by atoms with E-state index in [1.54, 1.807) is 12.1 Å². The van der Waals surface area contributed by atoms with Gasteiger partial charge in [-0.25, -0.2) is 4.39 Å². The van der Waals surface area contributed by atoms with E-state index < -0.39 is 0 Å². The van der Waals surface area contributed by atoms with Gasteiger partial charge in [0.15, 0.2) is 5.82 Å². The average molecular weight is 237 g/mol. The predicted molar refractivity (Wildman–Crippen MR) is 59.6 cm³/mol.